The summed E-state index contributed by atoms with van der Waals surface area (Å²) in [5.41, 5.74) is 0.286. The third kappa shape index (κ3) is 2.35. The summed E-state index contributed by atoms with van der Waals surface area (Å²) >= 11 is 0. The second-order valence-corrected chi connectivity index (χ2v) is 4.84. The Morgan fingerprint density at radius 1 is 0.882 bits per heavy atom. The van der Waals surface area contributed by atoms with Crippen LogP contribution in [0.25, 0.3) is 11.1 Å². The van der Waals surface area contributed by atoms with Gasteiger partial charge < -0.3 is 0 Å². The first-order valence-corrected chi connectivity index (χ1v) is 6.25. The summed E-state index contributed by atoms with van der Waals surface area (Å²) in [5, 5.41) is 0. The van der Waals surface area contributed by atoms with Crippen molar-refractivity contribution < 1.29 is 17.4 Å². The lowest BCUT2D eigenvalue weighted by Crippen LogP contribution is -2.01. The van der Waals surface area contributed by atoms with Gasteiger partial charge in [-0.3, -0.25) is 4.55 Å². The molecule has 0 radical (unpaired) electrons. The maximum Gasteiger partial charge on any atom is 0.295 e. The van der Waals surface area contributed by atoms with Gasteiger partial charge in [-0.1, -0.05) is 36.4 Å². The lowest BCUT2D eigenvalue weighted by Gasteiger charge is -2.07. The summed E-state index contributed by atoms with van der Waals surface area (Å²) < 4.78 is 45.0. The topological polar surface area (TPSA) is 54.4 Å². The zero-order chi connectivity index (χ0) is 12.5. The molecule has 0 atom stereocenters. The molecule has 0 heterocycles. The zero-order valence-corrected chi connectivity index (χ0v) is 9.49. The Bertz CT molecular complexity index is 650. The molecule has 0 spiro atoms. The Kier molecular flexibility index (Phi) is 2.95. The summed E-state index contributed by atoms with van der Waals surface area (Å²) in [6, 6.07) is 11.5. The van der Waals surface area contributed by atoms with Crippen molar-refractivity contribution in [3.63, 3.8) is 0 Å². The minimum absolute atomic E-state index is 0.140. The molecule has 0 fully saturated rings. The first-order chi connectivity index (χ1) is 8.00. The molecule has 0 amide bonds. The highest BCUT2D eigenvalue weighted by atomic mass is 32.2. The SMILES string of the molecule is O=S(=O)(O)c1ccccc1-c1ccccc1F. The fourth-order valence-electron chi connectivity index (χ4n) is 1.59. The van der Waals surface area contributed by atoms with E-state index in [1.807, 2.05) is 0 Å². The fraction of sp³-hybridized carbons (Fsp3) is 0. The van der Waals surface area contributed by atoms with Crippen LogP contribution in [-0.2, 0) is 10.1 Å². The first-order valence-electron chi connectivity index (χ1n) is 4.81. The highest BCUT2D eigenvalue weighted by Crippen LogP contribution is 2.28. The van der Waals surface area contributed by atoms with Gasteiger partial charge in [-0.05, 0) is 12.1 Å². The highest BCUT2D eigenvalue weighted by Gasteiger charge is 2.17. The first kappa shape index (κ1) is 11.8. The minimum atomic E-state index is -4.37. The molecular weight excluding hydrogens is 243 g/mol. The molecule has 17 heavy (non-hydrogen) atoms. The van der Waals surface area contributed by atoms with Crippen LogP contribution in [0.15, 0.2) is 53.4 Å². The van der Waals surface area contributed by atoms with Crippen molar-refractivity contribution in [1.29, 1.82) is 0 Å². The molecule has 2 rings (SSSR count). The van der Waals surface area contributed by atoms with Crippen molar-refractivity contribution in [3.05, 3.63) is 54.3 Å². The largest absolute Gasteiger partial charge is 0.295 e. The van der Waals surface area contributed by atoms with Gasteiger partial charge in [0.25, 0.3) is 10.1 Å². The van der Waals surface area contributed by atoms with Gasteiger partial charge in [0.1, 0.15) is 10.7 Å². The van der Waals surface area contributed by atoms with E-state index < -0.39 is 15.9 Å². The number of hydrogen-bond donors (Lipinski definition) is 1. The predicted octanol–water partition coefficient (Wildman–Crippen LogP) is 2.74. The van der Waals surface area contributed by atoms with Crippen molar-refractivity contribution in [1.82, 2.24) is 0 Å². The average Bonchev–Trinajstić information content (AvgIpc) is 2.28. The third-order valence-electron chi connectivity index (χ3n) is 2.33. The molecule has 0 bridgehead atoms. The molecule has 0 saturated heterocycles. The van der Waals surface area contributed by atoms with Gasteiger partial charge in [0.2, 0.25) is 0 Å². The van der Waals surface area contributed by atoms with Gasteiger partial charge in [-0.2, -0.15) is 8.42 Å². The van der Waals surface area contributed by atoms with Crippen LogP contribution in [0.1, 0.15) is 0 Å². The van der Waals surface area contributed by atoms with Gasteiger partial charge in [0.15, 0.2) is 0 Å². The van der Waals surface area contributed by atoms with E-state index in [0.717, 1.165) is 0 Å². The van der Waals surface area contributed by atoms with Gasteiger partial charge in [0, 0.05) is 11.1 Å². The van der Waals surface area contributed by atoms with Crippen LogP contribution in [0.4, 0.5) is 4.39 Å². The second-order valence-electron chi connectivity index (χ2n) is 3.45. The van der Waals surface area contributed by atoms with Crippen LogP contribution in [0.5, 0.6) is 0 Å². The molecule has 0 unspecified atom stereocenters. The van der Waals surface area contributed by atoms with E-state index in [9.17, 15) is 12.8 Å². The molecule has 2 aromatic carbocycles. The Hall–Kier alpha value is -1.72. The molecule has 5 heteroatoms. The van der Waals surface area contributed by atoms with E-state index in [0.29, 0.717) is 0 Å². The van der Waals surface area contributed by atoms with E-state index in [1.54, 1.807) is 12.1 Å². The second kappa shape index (κ2) is 4.27. The van der Waals surface area contributed by atoms with E-state index in [-0.39, 0.29) is 16.0 Å². The van der Waals surface area contributed by atoms with E-state index >= 15 is 0 Å². The van der Waals surface area contributed by atoms with E-state index in [2.05, 4.69) is 0 Å². The zero-order valence-electron chi connectivity index (χ0n) is 8.67. The lowest BCUT2D eigenvalue weighted by molar-refractivity contribution is 0.483. The lowest BCUT2D eigenvalue weighted by atomic mass is 10.1. The number of hydrogen-bond acceptors (Lipinski definition) is 2. The van der Waals surface area contributed by atoms with Crippen LogP contribution in [0, 0.1) is 5.82 Å². The molecule has 3 nitrogen and oxygen atoms in total. The van der Waals surface area contributed by atoms with Gasteiger partial charge in [-0.15, -0.1) is 0 Å². The van der Waals surface area contributed by atoms with Gasteiger partial charge >= 0.3 is 0 Å². The summed E-state index contributed by atoms with van der Waals surface area (Å²) in [6.45, 7) is 0. The average molecular weight is 252 g/mol. The Morgan fingerprint density at radius 3 is 2.00 bits per heavy atom. The molecule has 0 aliphatic carbocycles. The van der Waals surface area contributed by atoms with E-state index in [1.165, 1.54) is 36.4 Å². The van der Waals surface area contributed by atoms with Crippen LogP contribution in [0.2, 0.25) is 0 Å². The van der Waals surface area contributed by atoms with Gasteiger partial charge in [0.05, 0.1) is 0 Å². The molecule has 0 aromatic heterocycles. The monoisotopic (exact) mass is 252 g/mol. The molecule has 88 valence electrons. The molecule has 0 aliphatic rings. The maximum atomic E-state index is 13.6. The summed E-state index contributed by atoms with van der Waals surface area (Å²) in [4.78, 5) is -0.301. The quantitative estimate of drug-likeness (QED) is 0.836. The normalized spacial score (nSPS) is 11.4. The van der Waals surface area contributed by atoms with Crippen molar-refractivity contribution in [2.75, 3.05) is 0 Å². The Labute approximate surface area is 98.3 Å². The van der Waals surface area contributed by atoms with Gasteiger partial charge in [-0.25, -0.2) is 4.39 Å². The molecule has 1 N–H and O–H groups in total. The summed E-state index contributed by atoms with van der Waals surface area (Å²) in [6.07, 6.45) is 0. The predicted molar refractivity (Wildman–Crippen MR) is 61.7 cm³/mol. The van der Waals surface area contributed by atoms with E-state index in [4.69, 9.17) is 4.55 Å². The van der Waals surface area contributed by atoms with Crippen molar-refractivity contribution in [3.8, 4) is 11.1 Å². The number of halogens is 1. The molecular formula is C12H9FO3S. The van der Waals surface area contributed by atoms with Crippen molar-refractivity contribution in [2.24, 2.45) is 0 Å². The van der Waals surface area contributed by atoms with Crippen LogP contribution >= 0.6 is 0 Å². The van der Waals surface area contributed by atoms with Crippen molar-refractivity contribution >= 4 is 10.1 Å². The third-order valence-corrected chi connectivity index (χ3v) is 3.24. The van der Waals surface area contributed by atoms with Crippen LogP contribution in [0.3, 0.4) is 0 Å². The Morgan fingerprint density at radius 2 is 1.41 bits per heavy atom. The fourth-order valence-corrected chi connectivity index (χ4v) is 2.30. The molecule has 2 aromatic rings. The highest BCUT2D eigenvalue weighted by molar-refractivity contribution is 7.86. The molecule has 0 saturated carbocycles. The summed E-state index contributed by atoms with van der Waals surface area (Å²) in [5.74, 6) is -0.538. The number of rotatable bonds is 2. The Balaban J connectivity index is 2.74. The number of benzene rings is 2. The van der Waals surface area contributed by atoms with Crippen LogP contribution in [-0.4, -0.2) is 13.0 Å². The minimum Gasteiger partial charge on any atom is -0.282 e. The smallest absolute Gasteiger partial charge is 0.282 e. The van der Waals surface area contributed by atoms with Crippen molar-refractivity contribution in [2.45, 2.75) is 4.90 Å². The standard InChI is InChI=1S/C12H9FO3S/c13-11-7-3-1-5-9(11)10-6-2-4-8-12(10)17(14,15)16/h1-8H,(H,14,15,16). The maximum absolute atomic E-state index is 13.6. The van der Waals surface area contributed by atoms with Crippen LogP contribution < -0.4 is 0 Å². The summed E-state index contributed by atoms with van der Waals surface area (Å²) in [7, 11) is -4.37. The molecule has 0 aliphatic heterocycles.